The quantitative estimate of drug-likeness (QED) is 0.738. The Balaban J connectivity index is 1.84. The molecule has 6 nitrogen and oxygen atoms in total. The highest BCUT2D eigenvalue weighted by Gasteiger charge is 2.05. The monoisotopic (exact) mass is 281 g/mol. The highest BCUT2D eigenvalue weighted by Crippen LogP contribution is 2.18. The number of hydrogen-bond donors (Lipinski definition) is 0. The zero-order valence-corrected chi connectivity index (χ0v) is 12.1. The van der Waals surface area contributed by atoms with E-state index in [0.717, 1.165) is 5.56 Å². The van der Waals surface area contributed by atoms with Crippen molar-refractivity contribution in [2.45, 2.75) is 20.8 Å². The van der Waals surface area contributed by atoms with Gasteiger partial charge in [-0.1, -0.05) is 17.2 Å². The van der Waals surface area contributed by atoms with Gasteiger partial charge in [-0.2, -0.15) is 0 Å². The van der Waals surface area contributed by atoms with Crippen LogP contribution in [0.3, 0.4) is 0 Å². The summed E-state index contributed by atoms with van der Waals surface area (Å²) < 4.78 is 6.88. The minimum atomic E-state index is 0.441. The van der Waals surface area contributed by atoms with Crippen LogP contribution in [0.2, 0.25) is 0 Å². The van der Waals surface area contributed by atoms with E-state index in [4.69, 9.17) is 4.42 Å². The molecule has 6 heteroatoms. The van der Waals surface area contributed by atoms with Gasteiger partial charge in [0, 0.05) is 24.8 Å². The standard InChI is InChI=1S/C15H15N5O/c1-10-6-11(2)8-13(7-10)15-16-9-20(19-15)5-4-14-18-17-12(3)21-14/h4-9H,1-3H3/b5-4-. The molecule has 0 aliphatic heterocycles. The van der Waals surface area contributed by atoms with Crippen molar-refractivity contribution in [1.29, 1.82) is 0 Å². The highest BCUT2D eigenvalue weighted by molar-refractivity contribution is 5.58. The fourth-order valence-corrected chi connectivity index (χ4v) is 2.10. The first kappa shape index (κ1) is 13.2. The molecule has 0 saturated heterocycles. The summed E-state index contributed by atoms with van der Waals surface area (Å²) >= 11 is 0. The van der Waals surface area contributed by atoms with Gasteiger partial charge in [0.2, 0.25) is 11.8 Å². The van der Waals surface area contributed by atoms with Crippen LogP contribution in [0.4, 0.5) is 0 Å². The zero-order valence-electron chi connectivity index (χ0n) is 12.1. The van der Waals surface area contributed by atoms with Crippen molar-refractivity contribution in [3.63, 3.8) is 0 Å². The van der Waals surface area contributed by atoms with Crippen molar-refractivity contribution in [1.82, 2.24) is 25.0 Å². The van der Waals surface area contributed by atoms with E-state index in [1.54, 1.807) is 30.2 Å². The molecule has 0 aliphatic carbocycles. The van der Waals surface area contributed by atoms with E-state index >= 15 is 0 Å². The third-order valence-electron chi connectivity index (χ3n) is 2.90. The second-order valence-electron chi connectivity index (χ2n) is 4.90. The molecule has 0 unspecified atom stereocenters. The average Bonchev–Trinajstić information content (AvgIpc) is 3.04. The first-order valence-electron chi connectivity index (χ1n) is 6.58. The number of aryl methyl sites for hydroxylation is 3. The summed E-state index contributed by atoms with van der Waals surface area (Å²) in [5.74, 6) is 1.66. The van der Waals surface area contributed by atoms with Gasteiger partial charge in [-0.05, 0) is 26.0 Å². The summed E-state index contributed by atoms with van der Waals surface area (Å²) in [6.07, 6.45) is 5.07. The summed E-state index contributed by atoms with van der Waals surface area (Å²) in [6.45, 7) is 5.87. The fourth-order valence-electron chi connectivity index (χ4n) is 2.10. The highest BCUT2D eigenvalue weighted by atomic mass is 16.4. The molecule has 0 bridgehead atoms. The van der Waals surface area contributed by atoms with Gasteiger partial charge in [-0.25, -0.2) is 9.67 Å². The minimum absolute atomic E-state index is 0.441. The molecule has 0 spiro atoms. The maximum Gasteiger partial charge on any atom is 0.242 e. The first-order valence-corrected chi connectivity index (χ1v) is 6.58. The predicted octanol–water partition coefficient (Wildman–Crippen LogP) is 2.88. The summed E-state index contributed by atoms with van der Waals surface area (Å²) in [6, 6.07) is 6.26. The maximum atomic E-state index is 5.26. The Labute approximate surface area is 122 Å². The van der Waals surface area contributed by atoms with Crippen LogP contribution >= 0.6 is 0 Å². The molecule has 0 saturated carbocycles. The number of aromatic nitrogens is 5. The number of benzene rings is 1. The number of rotatable bonds is 3. The van der Waals surface area contributed by atoms with Crippen molar-refractivity contribution in [2.75, 3.05) is 0 Å². The van der Waals surface area contributed by atoms with Crippen LogP contribution in [0.25, 0.3) is 23.7 Å². The smallest absolute Gasteiger partial charge is 0.242 e. The molecular formula is C15H15N5O. The molecule has 21 heavy (non-hydrogen) atoms. The lowest BCUT2D eigenvalue weighted by Gasteiger charge is -2.00. The molecule has 0 amide bonds. The Morgan fingerprint density at radius 3 is 2.48 bits per heavy atom. The van der Waals surface area contributed by atoms with Crippen LogP contribution in [-0.4, -0.2) is 25.0 Å². The number of hydrogen-bond acceptors (Lipinski definition) is 5. The molecule has 2 heterocycles. The summed E-state index contributed by atoms with van der Waals surface area (Å²) in [5, 5.41) is 12.1. The molecule has 0 aliphatic rings. The lowest BCUT2D eigenvalue weighted by atomic mass is 10.1. The van der Waals surface area contributed by atoms with E-state index in [2.05, 4.69) is 52.3 Å². The zero-order chi connectivity index (χ0) is 14.8. The molecule has 0 atom stereocenters. The van der Waals surface area contributed by atoms with Crippen molar-refractivity contribution >= 4 is 12.3 Å². The largest absolute Gasteiger partial charge is 0.422 e. The lowest BCUT2D eigenvalue weighted by molar-refractivity contribution is 0.509. The van der Waals surface area contributed by atoms with Gasteiger partial charge in [0.05, 0.1) is 0 Å². The molecule has 0 radical (unpaired) electrons. The van der Waals surface area contributed by atoms with Crippen molar-refractivity contribution in [2.24, 2.45) is 0 Å². The van der Waals surface area contributed by atoms with E-state index in [-0.39, 0.29) is 0 Å². The van der Waals surface area contributed by atoms with E-state index in [0.29, 0.717) is 17.6 Å². The number of nitrogens with zero attached hydrogens (tertiary/aromatic N) is 5. The molecule has 1 aromatic carbocycles. The topological polar surface area (TPSA) is 69.6 Å². The van der Waals surface area contributed by atoms with Crippen LogP contribution in [0.1, 0.15) is 22.9 Å². The minimum Gasteiger partial charge on any atom is -0.422 e. The maximum absolute atomic E-state index is 5.26. The van der Waals surface area contributed by atoms with Crippen LogP contribution in [0, 0.1) is 20.8 Å². The van der Waals surface area contributed by atoms with Gasteiger partial charge < -0.3 is 4.42 Å². The Morgan fingerprint density at radius 2 is 1.81 bits per heavy atom. The Hall–Kier alpha value is -2.76. The van der Waals surface area contributed by atoms with Crippen LogP contribution < -0.4 is 0 Å². The third kappa shape index (κ3) is 3.05. The Bertz CT molecular complexity index is 780. The second kappa shape index (κ2) is 5.32. The van der Waals surface area contributed by atoms with E-state index in [1.807, 2.05) is 0 Å². The molecule has 106 valence electrons. The Morgan fingerprint density at radius 1 is 1.05 bits per heavy atom. The van der Waals surface area contributed by atoms with Crippen molar-refractivity contribution in [3.8, 4) is 11.4 Å². The fraction of sp³-hybridized carbons (Fsp3) is 0.200. The SMILES string of the molecule is Cc1cc(C)cc(-c2ncn(/C=C\c3nnc(C)o3)n2)c1. The van der Waals surface area contributed by atoms with Crippen LogP contribution in [0.15, 0.2) is 28.9 Å². The van der Waals surface area contributed by atoms with Crippen molar-refractivity contribution < 1.29 is 4.42 Å². The van der Waals surface area contributed by atoms with Gasteiger partial charge in [-0.3, -0.25) is 0 Å². The van der Waals surface area contributed by atoms with Gasteiger partial charge >= 0.3 is 0 Å². The lowest BCUT2D eigenvalue weighted by Crippen LogP contribution is -1.89. The molecule has 2 aromatic heterocycles. The van der Waals surface area contributed by atoms with Crippen LogP contribution in [-0.2, 0) is 0 Å². The average molecular weight is 281 g/mol. The normalized spacial score (nSPS) is 11.4. The summed E-state index contributed by atoms with van der Waals surface area (Å²) in [5.41, 5.74) is 3.39. The molecule has 3 rings (SSSR count). The summed E-state index contributed by atoms with van der Waals surface area (Å²) in [4.78, 5) is 4.32. The van der Waals surface area contributed by atoms with E-state index in [9.17, 15) is 0 Å². The van der Waals surface area contributed by atoms with E-state index in [1.165, 1.54) is 11.1 Å². The van der Waals surface area contributed by atoms with Gasteiger partial charge in [0.15, 0.2) is 5.82 Å². The second-order valence-corrected chi connectivity index (χ2v) is 4.90. The predicted molar refractivity (Wildman–Crippen MR) is 79.2 cm³/mol. The molecule has 0 fully saturated rings. The van der Waals surface area contributed by atoms with Gasteiger partial charge in [-0.15, -0.1) is 15.3 Å². The molecule has 3 aromatic rings. The van der Waals surface area contributed by atoms with Gasteiger partial charge in [0.1, 0.15) is 6.33 Å². The first-order chi connectivity index (χ1) is 10.1. The summed E-state index contributed by atoms with van der Waals surface area (Å²) in [7, 11) is 0. The molecule has 0 N–H and O–H groups in total. The van der Waals surface area contributed by atoms with Gasteiger partial charge in [0.25, 0.3) is 0 Å². The van der Waals surface area contributed by atoms with E-state index < -0.39 is 0 Å². The van der Waals surface area contributed by atoms with Crippen molar-refractivity contribution in [3.05, 3.63) is 47.4 Å². The van der Waals surface area contributed by atoms with Crippen LogP contribution in [0.5, 0.6) is 0 Å². The Kier molecular flexibility index (Phi) is 3.35. The third-order valence-corrected chi connectivity index (χ3v) is 2.90. The molecular weight excluding hydrogens is 266 g/mol.